The maximum atomic E-state index is 11.6. The van der Waals surface area contributed by atoms with Crippen molar-refractivity contribution < 1.29 is 52.7 Å². The van der Waals surface area contributed by atoms with Crippen LogP contribution in [0.4, 0.5) is 0 Å². The molecule has 0 aromatic heterocycles. The van der Waals surface area contributed by atoms with Crippen molar-refractivity contribution in [1.29, 1.82) is 10.5 Å². The van der Waals surface area contributed by atoms with E-state index in [-0.39, 0.29) is 35.7 Å². The van der Waals surface area contributed by atoms with E-state index in [1.54, 1.807) is 52.0 Å². The summed E-state index contributed by atoms with van der Waals surface area (Å²) in [6, 6.07) is 12.7. The van der Waals surface area contributed by atoms with Crippen molar-refractivity contribution in [3.63, 3.8) is 0 Å². The molecular weight excluding hydrogens is 1280 g/mol. The molecule has 0 aliphatic rings. The Bertz CT molecular complexity index is 1600. The summed E-state index contributed by atoms with van der Waals surface area (Å²) in [7, 11) is 0. The fraction of sp³-hybridized carbons (Fsp3) is 0.810. The molecule has 0 aliphatic carbocycles. The van der Waals surface area contributed by atoms with Gasteiger partial charge in [-0.25, -0.2) is 29.0 Å². The molecule has 0 saturated carbocycles. The number of rotatable bonds is 35. The van der Waals surface area contributed by atoms with Gasteiger partial charge in [-0.3, -0.25) is 9.78 Å². The van der Waals surface area contributed by atoms with Crippen LogP contribution in [-0.4, -0.2) is 50.4 Å². The van der Waals surface area contributed by atoms with Crippen molar-refractivity contribution in [2.75, 3.05) is 0 Å². The summed E-state index contributed by atoms with van der Waals surface area (Å²) in [6.07, 6.45) is 34.0. The number of nitrogens with zero attached hydrogens (tertiary/aromatic N) is 4. The van der Waals surface area contributed by atoms with Crippen LogP contribution < -0.4 is 0 Å². The molecule has 478 valence electrons. The second-order valence-electron chi connectivity index (χ2n) is 21.8. The van der Waals surface area contributed by atoms with Crippen LogP contribution in [0.5, 0.6) is 0 Å². The largest absolute Gasteiger partial charge is 0.373 e. The molecule has 0 spiro atoms. The molecule has 0 unspecified atom stereocenters. The average molecular weight is 1400 g/mol. The van der Waals surface area contributed by atoms with Gasteiger partial charge in [0.1, 0.15) is 11.2 Å². The van der Waals surface area contributed by atoms with Crippen molar-refractivity contribution in [1.82, 2.24) is 0 Å². The molecule has 0 amide bonds. The van der Waals surface area contributed by atoms with Crippen LogP contribution in [0.15, 0.2) is 40.6 Å². The first-order chi connectivity index (χ1) is 35.5. The van der Waals surface area contributed by atoms with Crippen LogP contribution in [0, 0.1) is 22.7 Å². The fourth-order valence-electron chi connectivity index (χ4n) is 6.21. The standard InChI is InChI=1S/C24H46O4.C16H32O3.C11H14O3.C8H12N4.4CH4.No.OS/c1-3-5-7-9-11-13-15-17-19-21-23(25)27-28-24(26)22-20-18-16-14-12-10-8-6-4-2;1-5-6-7-8-9-10-11-12-13-14-15(17)18-19-16(2,3)4;1-11(2,3)14-13-10(12)9-7-5-4-6-8-9;1-7(2,5-9)11-12-8(3,4)6-10;;;;;;1-2/h3-22H2,1-2H3;5-14H2,1-4H3;4-8H,1-3H3;1-4H3;4*1H4;;. The van der Waals surface area contributed by atoms with E-state index in [0.717, 1.165) is 51.4 Å². The summed E-state index contributed by atoms with van der Waals surface area (Å²) in [4.78, 5) is 74.4. The molecule has 17 heteroatoms. The van der Waals surface area contributed by atoms with Gasteiger partial charge in [-0.05, 0) is 101 Å². The van der Waals surface area contributed by atoms with Gasteiger partial charge in [0.2, 0.25) is 0 Å². The summed E-state index contributed by atoms with van der Waals surface area (Å²) < 4.78 is 7.83. The predicted octanol–water partition coefficient (Wildman–Crippen LogP) is 19.8. The zero-order valence-electron chi connectivity index (χ0n) is 49.6. The van der Waals surface area contributed by atoms with Crippen molar-refractivity contribution in [2.24, 2.45) is 10.2 Å². The third-order valence-corrected chi connectivity index (χ3v) is 10.5. The Kier molecular flexibility index (Phi) is 73.7. The Morgan fingerprint density at radius 3 is 0.900 bits per heavy atom. The number of carbonyl (C=O) groups excluding carboxylic acids is 4. The smallest absolute Gasteiger partial charge is 0.298 e. The van der Waals surface area contributed by atoms with Gasteiger partial charge in [0.25, 0.3) is 0 Å². The predicted molar refractivity (Wildman–Crippen MR) is 327 cm³/mol. The van der Waals surface area contributed by atoms with Crippen LogP contribution in [0.2, 0.25) is 0 Å². The maximum Gasteiger partial charge on any atom is 0.373 e. The first-order valence-corrected chi connectivity index (χ1v) is 28.5. The topological polar surface area (TPSA) is 213 Å². The molecule has 0 aliphatic heterocycles. The van der Waals surface area contributed by atoms with E-state index in [1.165, 1.54) is 122 Å². The first-order valence-electron chi connectivity index (χ1n) is 28.1. The van der Waals surface area contributed by atoms with Crippen molar-refractivity contribution in [3.8, 4) is 12.1 Å². The van der Waals surface area contributed by atoms with E-state index in [9.17, 15) is 19.2 Å². The molecule has 1 aromatic rings. The second kappa shape index (κ2) is 62.8. The quantitative estimate of drug-likeness (QED) is 0.0268. The molecule has 15 nitrogen and oxygen atoms in total. The van der Waals surface area contributed by atoms with E-state index >= 15 is 0 Å². The molecule has 80 heavy (non-hydrogen) atoms. The van der Waals surface area contributed by atoms with Gasteiger partial charge < -0.3 is 0 Å². The molecule has 0 bridgehead atoms. The molecule has 0 atom stereocenters. The van der Waals surface area contributed by atoms with Crippen molar-refractivity contribution in [2.45, 2.75) is 335 Å². The minimum absolute atomic E-state index is 0. The molecule has 0 fully saturated rings. The van der Waals surface area contributed by atoms with Crippen LogP contribution >= 0.6 is 0 Å². The average Bonchev–Trinajstić information content (AvgIpc) is 3.38. The maximum absolute atomic E-state index is 11.6. The van der Waals surface area contributed by atoms with Gasteiger partial charge in [0, 0.05) is 6.42 Å². The summed E-state index contributed by atoms with van der Waals surface area (Å²) in [6.45, 7) is 24.3. The van der Waals surface area contributed by atoms with E-state index in [1.807, 2.05) is 59.7 Å². The Hall–Kier alpha value is -5.38. The van der Waals surface area contributed by atoms with Gasteiger partial charge in [0.05, 0.1) is 30.5 Å². The second-order valence-corrected chi connectivity index (χ2v) is 21.8. The Morgan fingerprint density at radius 1 is 0.412 bits per heavy atom. The van der Waals surface area contributed by atoms with Crippen molar-refractivity contribution in [3.05, 3.63) is 35.9 Å². The molecule has 0 radical (unpaired) electrons. The third-order valence-electron chi connectivity index (χ3n) is 10.5. The van der Waals surface area contributed by atoms with Gasteiger partial charge in [-0.15, -0.1) is 0 Å². The van der Waals surface area contributed by atoms with E-state index in [4.69, 9.17) is 29.4 Å². The molecule has 0 heterocycles. The molecule has 0 saturated heterocycles. The summed E-state index contributed by atoms with van der Waals surface area (Å²) in [5.41, 5.74) is -2.10. The number of benzene rings is 1. The van der Waals surface area contributed by atoms with Gasteiger partial charge in [0.15, 0.2) is 23.6 Å². The molecule has 0 N–H and O–H groups in total. The van der Waals surface area contributed by atoms with Gasteiger partial charge >= 0.3 is 23.9 Å². The Labute approximate surface area is 490 Å². The summed E-state index contributed by atoms with van der Waals surface area (Å²) in [5.74, 6) is -1.58. The molecule has 1 aromatic carbocycles. The Balaban J connectivity index is -0.000000122. The monoisotopic (exact) mass is 1400 g/mol. The van der Waals surface area contributed by atoms with Crippen LogP contribution in [0.25, 0.3) is 0 Å². The number of nitriles is 2. The number of hydrogen-bond acceptors (Lipinski definition) is 16. The summed E-state index contributed by atoms with van der Waals surface area (Å²) in [5, 5.41) is 24.7. The summed E-state index contributed by atoms with van der Waals surface area (Å²) >= 11 is 2.83. The number of hydrogen-bond donors (Lipinski definition) is 0. The number of carbonyl (C=O) groups is 4. The minimum atomic E-state index is -0.839. The zero-order chi connectivity index (χ0) is 57.7. The number of azo groups is 1. The SMILES string of the molecule is C.C.C.C.CC(C)(C#N)N=NC(C)(C)C#N.CC(C)(C)OOC(=O)c1ccccc1.CCCCCCCCCCCC(=O)OOC(=O)CCCCCCCCCCC.CCCCCCCCCCCC(=O)OOC(C)(C)C.O=S.[No]. The van der Waals surface area contributed by atoms with Crippen LogP contribution in [0.1, 0.15) is 323 Å². The Morgan fingerprint density at radius 2 is 0.650 bits per heavy atom. The zero-order valence-corrected chi connectivity index (χ0v) is 52.6. The van der Waals surface area contributed by atoms with E-state index in [2.05, 4.69) is 58.2 Å². The molecular formula is C63H120N4NoO11S. The van der Waals surface area contributed by atoms with Crippen LogP contribution in [-0.2, 0) is 56.2 Å². The minimum Gasteiger partial charge on any atom is -0.298 e. The van der Waals surface area contributed by atoms with Crippen molar-refractivity contribution >= 4 is 36.4 Å². The van der Waals surface area contributed by atoms with E-state index < -0.39 is 40.2 Å². The fourth-order valence-corrected chi connectivity index (χ4v) is 6.21. The van der Waals surface area contributed by atoms with Crippen LogP contribution in [0.3, 0.4) is 0 Å². The van der Waals surface area contributed by atoms with E-state index in [0.29, 0.717) is 24.8 Å². The number of unbranched alkanes of at least 4 members (excludes halogenated alkanes) is 24. The first kappa shape index (κ1) is 93.9. The van der Waals surface area contributed by atoms with Gasteiger partial charge in [-0.2, -0.15) is 34.7 Å². The third kappa shape index (κ3) is 76.9. The molecule has 1 rings (SSSR count). The normalized spacial score (nSPS) is 10.4. The van der Waals surface area contributed by atoms with Gasteiger partial charge in [-0.1, -0.05) is 223 Å².